The molecule has 0 amide bonds. The third kappa shape index (κ3) is 5.25. The van der Waals surface area contributed by atoms with Crippen LogP contribution in [0.4, 0.5) is 0 Å². The van der Waals surface area contributed by atoms with Crippen molar-refractivity contribution in [1.29, 1.82) is 0 Å². The minimum atomic E-state index is 0.652. The summed E-state index contributed by atoms with van der Waals surface area (Å²) in [6, 6.07) is 2.02. The van der Waals surface area contributed by atoms with Gasteiger partial charge >= 0.3 is 0 Å². The van der Waals surface area contributed by atoms with Gasteiger partial charge in [-0.1, -0.05) is 6.92 Å². The van der Waals surface area contributed by atoms with E-state index in [0.29, 0.717) is 12.1 Å². The van der Waals surface area contributed by atoms with Gasteiger partial charge in [0.1, 0.15) is 0 Å². The topological polar surface area (TPSA) is 18.5 Å². The third-order valence-electron chi connectivity index (χ3n) is 4.00. The first kappa shape index (κ1) is 15.9. The molecule has 1 fully saturated rings. The number of hydrogen-bond acceptors (Lipinski definition) is 3. The standard InChI is InChI=1S/C15H33N3/c1-6-16-15-8-7-9-17(12-15)10-11-18(13(2)3)14(4)5/h13-16H,6-12H2,1-5H3. The molecule has 1 atom stereocenters. The summed E-state index contributed by atoms with van der Waals surface area (Å²) in [4.78, 5) is 5.23. The van der Waals surface area contributed by atoms with E-state index in [1.165, 1.54) is 39.0 Å². The quantitative estimate of drug-likeness (QED) is 0.752. The average molecular weight is 255 g/mol. The Labute approximate surface area is 114 Å². The second-order valence-electron chi connectivity index (χ2n) is 6.12. The number of nitrogens with zero attached hydrogens (tertiary/aromatic N) is 2. The van der Waals surface area contributed by atoms with Crippen LogP contribution in [0.1, 0.15) is 47.5 Å². The molecular weight excluding hydrogens is 222 g/mol. The Hall–Kier alpha value is -0.120. The van der Waals surface area contributed by atoms with E-state index in [2.05, 4.69) is 49.7 Å². The fourth-order valence-electron chi connectivity index (χ4n) is 3.08. The molecule has 0 spiro atoms. The Bertz CT molecular complexity index is 206. The van der Waals surface area contributed by atoms with Crippen molar-refractivity contribution in [3.05, 3.63) is 0 Å². The van der Waals surface area contributed by atoms with Crippen molar-refractivity contribution in [2.75, 3.05) is 32.7 Å². The van der Waals surface area contributed by atoms with E-state index in [1.54, 1.807) is 0 Å². The predicted molar refractivity (Wildman–Crippen MR) is 80.1 cm³/mol. The summed E-state index contributed by atoms with van der Waals surface area (Å²) in [5, 5.41) is 3.59. The Morgan fingerprint density at radius 3 is 2.44 bits per heavy atom. The Balaban J connectivity index is 2.33. The lowest BCUT2D eigenvalue weighted by atomic mass is 10.1. The molecule has 1 unspecified atom stereocenters. The van der Waals surface area contributed by atoms with Crippen LogP contribution >= 0.6 is 0 Å². The largest absolute Gasteiger partial charge is 0.313 e. The molecule has 1 aliphatic heterocycles. The molecule has 3 nitrogen and oxygen atoms in total. The summed E-state index contributed by atoms with van der Waals surface area (Å²) in [6.45, 7) is 17.5. The maximum Gasteiger partial charge on any atom is 0.0195 e. The van der Waals surface area contributed by atoms with Gasteiger partial charge in [0.2, 0.25) is 0 Å². The van der Waals surface area contributed by atoms with Crippen molar-refractivity contribution in [2.24, 2.45) is 0 Å². The molecule has 18 heavy (non-hydrogen) atoms. The zero-order valence-electron chi connectivity index (χ0n) is 13.1. The molecule has 3 heteroatoms. The van der Waals surface area contributed by atoms with E-state index in [-0.39, 0.29) is 0 Å². The Morgan fingerprint density at radius 2 is 1.89 bits per heavy atom. The monoisotopic (exact) mass is 255 g/mol. The fourth-order valence-corrected chi connectivity index (χ4v) is 3.08. The van der Waals surface area contributed by atoms with Crippen LogP contribution in [-0.4, -0.2) is 60.6 Å². The normalized spacial score (nSPS) is 22.3. The Morgan fingerprint density at radius 1 is 1.22 bits per heavy atom. The predicted octanol–water partition coefficient (Wildman–Crippen LogP) is 2.18. The van der Waals surface area contributed by atoms with Gasteiger partial charge in [0.15, 0.2) is 0 Å². The van der Waals surface area contributed by atoms with Gasteiger partial charge in [-0.25, -0.2) is 0 Å². The number of rotatable bonds is 7. The van der Waals surface area contributed by atoms with Gasteiger partial charge in [0, 0.05) is 37.8 Å². The van der Waals surface area contributed by atoms with Crippen LogP contribution in [0.3, 0.4) is 0 Å². The molecule has 0 bridgehead atoms. The number of piperidine rings is 1. The molecule has 0 saturated carbocycles. The first-order valence-corrected chi connectivity index (χ1v) is 7.76. The molecule has 1 N–H and O–H groups in total. The highest BCUT2D eigenvalue weighted by atomic mass is 15.2. The summed E-state index contributed by atoms with van der Waals surface area (Å²) in [5.41, 5.74) is 0. The molecule has 0 aromatic carbocycles. The highest BCUT2D eigenvalue weighted by Crippen LogP contribution is 2.11. The van der Waals surface area contributed by atoms with E-state index >= 15 is 0 Å². The lowest BCUT2D eigenvalue weighted by Crippen LogP contribution is -2.49. The minimum absolute atomic E-state index is 0.652. The smallest absolute Gasteiger partial charge is 0.0195 e. The van der Waals surface area contributed by atoms with Gasteiger partial charge in [-0.3, -0.25) is 4.90 Å². The molecule has 0 aromatic heterocycles. The summed E-state index contributed by atoms with van der Waals surface area (Å²) in [7, 11) is 0. The van der Waals surface area contributed by atoms with Crippen LogP contribution in [-0.2, 0) is 0 Å². The van der Waals surface area contributed by atoms with Crippen LogP contribution in [0.5, 0.6) is 0 Å². The molecule has 0 radical (unpaired) electrons. The van der Waals surface area contributed by atoms with Crippen molar-refractivity contribution in [3.8, 4) is 0 Å². The maximum absolute atomic E-state index is 3.59. The van der Waals surface area contributed by atoms with Crippen molar-refractivity contribution in [2.45, 2.75) is 65.6 Å². The van der Waals surface area contributed by atoms with Crippen molar-refractivity contribution < 1.29 is 0 Å². The lowest BCUT2D eigenvalue weighted by molar-refractivity contribution is 0.124. The van der Waals surface area contributed by atoms with Crippen LogP contribution in [0.15, 0.2) is 0 Å². The summed E-state index contributed by atoms with van der Waals surface area (Å²) in [5.74, 6) is 0. The van der Waals surface area contributed by atoms with Crippen molar-refractivity contribution in [1.82, 2.24) is 15.1 Å². The van der Waals surface area contributed by atoms with Gasteiger partial charge in [0.05, 0.1) is 0 Å². The van der Waals surface area contributed by atoms with Crippen LogP contribution in [0.25, 0.3) is 0 Å². The highest BCUT2D eigenvalue weighted by molar-refractivity contribution is 4.79. The van der Waals surface area contributed by atoms with Gasteiger partial charge < -0.3 is 10.2 Å². The molecule has 0 aromatic rings. The molecule has 1 rings (SSSR count). The first-order chi connectivity index (χ1) is 8.54. The van der Waals surface area contributed by atoms with Crippen LogP contribution in [0, 0.1) is 0 Å². The molecule has 1 heterocycles. The molecular formula is C15H33N3. The fraction of sp³-hybridized carbons (Fsp3) is 1.00. The lowest BCUT2D eigenvalue weighted by Gasteiger charge is -2.36. The third-order valence-corrected chi connectivity index (χ3v) is 4.00. The van der Waals surface area contributed by atoms with E-state index in [1.807, 2.05) is 0 Å². The number of likely N-dealkylation sites (N-methyl/N-ethyl adjacent to an activating group) is 1. The second kappa shape index (κ2) is 8.13. The molecule has 1 aliphatic rings. The van der Waals surface area contributed by atoms with E-state index in [9.17, 15) is 0 Å². The number of nitrogens with one attached hydrogen (secondary N) is 1. The zero-order valence-corrected chi connectivity index (χ0v) is 13.1. The zero-order chi connectivity index (χ0) is 13.5. The van der Waals surface area contributed by atoms with Crippen molar-refractivity contribution >= 4 is 0 Å². The summed E-state index contributed by atoms with van der Waals surface area (Å²) >= 11 is 0. The summed E-state index contributed by atoms with van der Waals surface area (Å²) < 4.78 is 0. The SMILES string of the molecule is CCNC1CCCN(CCN(C(C)C)C(C)C)C1. The van der Waals surface area contributed by atoms with Gasteiger partial charge in [-0.15, -0.1) is 0 Å². The van der Waals surface area contributed by atoms with Gasteiger partial charge in [0.25, 0.3) is 0 Å². The van der Waals surface area contributed by atoms with Gasteiger partial charge in [-0.2, -0.15) is 0 Å². The van der Waals surface area contributed by atoms with Crippen molar-refractivity contribution in [3.63, 3.8) is 0 Å². The number of hydrogen-bond donors (Lipinski definition) is 1. The van der Waals surface area contributed by atoms with E-state index in [0.717, 1.165) is 12.6 Å². The molecule has 108 valence electrons. The Kier molecular flexibility index (Phi) is 7.20. The van der Waals surface area contributed by atoms with E-state index in [4.69, 9.17) is 0 Å². The van der Waals surface area contributed by atoms with E-state index < -0.39 is 0 Å². The number of likely N-dealkylation sites (tertiary alicyclic amines) is 1. The van der Waals surface area contributed by atoms with Gasteiger partial charge in [-0.05, 0) is 53.6 Å². The van der Waals surface area contributed by atoms with Crippen LogP contribution < -0.4 is 5.32 Å². The first-order valence-electron chi connectivity index (χ1n) is 7.76. The molecule has 1 saturated heterocycles. The minimum Gasteiger partial charge on any atom is -0.313 e. The maximum atomic E-state index is 3.59. The van der Waals surface area contributed by atoms with Crippen LogP contribution in [0.2, 0.25) is 0 Å². The molecule has 0 aliphatic carbocycles. The summed E-state index contributed by atoms with van der Waals surface area (Å²) in [6.07, 6.45) is 2.70. The average Bonchev–Trinajstić information content (AvgIpc) is 2.29. The second-order valence-corrected chi connectivity index (χ2v) is 6.12. The highest BCUT2D eigenvalue weighted by Gasteiger charge is 2.20.